The largest absolute Gasteiger partial charge is 0.497 e. The van der Waals surface area contributed by atoms with E-state index in [1.54, 1.807) is 19.5 Å². The van der Waals surface area contributed by atoms with E-state index >= 15 is 0 Å². The van der Waals surface area contributed by atoms with Crippen molar-refractivity contribution >= 4 is 39.5 Å². The van der Waals surface area contributed by atoms with Crippen LogP contribution in [0.1, 0.15) is 0 Å². The Labute approximate surface area is 180 Å². The predicted octanol–water partition coefficient (Wildman–Crippen LogP) is 5.33. The number of benzene rings is 1. The highest BCUT2D eigenvalue weighted by Gasteiger charge is 2.21. The predicted molar refractivity (Wildman–Crippen MR) is 120 cm³/mol. The van der Waals surface area contributed by atoms with Gasteiger partial charge in [0.1, 0.15) is 15.5 Å². The Kier molecular flexibility index (Phi) is 4.53. The van der Waals surface area contributed by atoms with Gasteiger partial charge < -0.3 is 14.9 Å². The zero-order valence-electron chi connectivity index (χ0n) is 15.7. The number of thiophene rings is 1. The van der Waals surface area contributed by atoms with Gasteiger partial charge in [-0.3, -0.25) is 4.98 Å². The lowest BCUT2D eigenvalue weighted by molar-refractivity contribution is 0.415. The zero-order valence-corrected chi connectivity index (χ0v) is 17.4. The molecule has 0 unspecified atom stereocenters. The lowest BCUT2D eigenvalue weighted by atomic mass is 10.00. The van der Waals surface area contributed by atoms with E-state index < -0.39 is 0 Å². The second-order valence-corrected chi connectivity index (χ2v) is 7.84. The fourth-order valence-electron chi connectivity index (χ4n) is 3.27. The summed E-state index contributed by atoms with van der Waals surface area (Å²) in [5.74, 6) is 1.13. The summed E-state index contributed by atoms with van der Waals surface area (Å²) in [6.07, 6.45) is 3.52. The fraction of sp³-hybridized carbons (Fsp3) is 0.0476. The van der Waals surface area contributed by atoms with Gasteiger partial charge >= 0.3 is 0 Å². The Bertz CT molecular complexity index is 1410. The normalized spacial score (nSPS) is 11.1. The highest BCUT2D eigenvalue weighted by atomic mass is 32.1. The molecule has 4 heterocycles. The Morgan fingerprint density at radius 2 is 2.00 bits per heavy atom. The molecule has 7 nitrogen and oxygen atoms in total. The summed E-state index contributed by atoms with van der Waals surface area (Å²) in [6, 6.07) is 13.7. The molecular weight excluding hydrogens is 418 g/mol. The second-order valence-electron chi connectivity index (χ2n) is 6.47. The highest BCUT2D eigenvalue weighted by molar-refractivity contribution is 7.71. The first-order chi connectivity index (χ1) is 14.6. The number of methoxy groups -OCH3 is 1. The first-order valence-corrected chi connectivity index (χ1v) is 10.2. The third-order valence-electron chi connectivity index (χ3n) is 4.69. The van der Waals surface area contributed by atoms with E-state index in [0.717, 1.165) is 38.4 Å². The molecule has 148 valence electrons. The molecule has 5 aromatic rings. The monoisotopic (exact) mass is 433 g/mol. The Morgan fingerprint density at radius 3 is 2.67 bits per heavy atom. The van der Waals surface area contributed by atoms with Crippen molar-refractivity contribution in [3.63, 3.8) is 0 Å². The average molecular weight is 434 g/mol. The van der Waals surface area contributed by atoms with Crippen molar-refractivity contribution in [2.75, 3.05) is 12.8 Å². The third-order valence-corrected chi connectivity index (χ3v) is 5.95. The molecule has 30 heavy (non-hydrogen) atoms. The molecule has 0 aliphatic rings. The Hall–Kier alpha value is -3.56. The van der Waals surface area contributed by atoms with E-state index in [1.165, 1.54) is 11.3 Å². The Morgan fingerprint density at radius 1 is 1.17 bits per heavy atom. The van der Waals surface area contributed by atoms with Crippen molar-refractivity contribution in [2.45, 2.75) is 0 Å². The number of pyridine rings is 2. The SMILES string of the molecule is COc1ccc(-c2cc(-c3cccnc3)nc3sc(-c4n[nH]c(=S)o4)c(N)c23)cc1. The van der Waals surface area contributed by atoms with E-state index in [4.69, 9.17) is 32.1 Å². The molecule has 0 saturated heterocycles. The molecule has 0 radical (unpaired) electrons. The summed E-state index contributed by atoms with van der Waals surface area (Å²) in [4.78, 5) is 10.7. The fourth-order valence-corrected chi connectivity index (χ4v) is 4.44. The summed E-state index contributed by atoms with van der Waals surface area (Å²) in [7, 11) is 1.64. The average Bonchev–Trinajstić information content (AvgIpc) is 3.37. The van der Waals surface area contributed by atoms with Crippen LogP contribution in [-0.4, -0.2) is 27.3 Å². The van der Waals surface area contributed by atoms with Gasteiger partial charge in [-0.1, -0.05) is 12.1 Å². The zero-order chi connectivity index (χ0) is 20.7. The van der Waals surface area contributed by atoms with Gasteiger partial charge in [-0.25, -0.2) is 10.1 Å². The molecule has 0 aliphatic heterocycles. The highest BCUT2D eigenvalue weighted by Crippen LogP contribution is 2.45. The topological polar surface area (TPSA) is 103 Å². The molecule has 5 rings (SSSR count). The minimum atomic E-state index is 0.196. The maximum absolute atomic E-state index is 6.55. The van der Waals surface area contributed by atoms with Crippen molar-refractivity contribution in [1.82, 2.24) is 20.2 Å². The van der Waals surface area contributed by atoms with Crippen LogP contribution in [0.2, 0.25) is 0 Å². The van der Waals surface area contributed by atoms with Crippen LogP contribution in [-0.2, 0) is 0 Å². The molecule has 4 aromatic heterocycles. The minimum Gasteiger partial charge on any atom is -0.497 e. The van der Waals surface area contributed by atoms with Gasteiger partial charge in [0, 0.05) is 23.3 Å². The van der Waals surface area contributed by atoms with E-state index in [2.05, 4.69) is 15.2 Å². The van der Waals surface area contributed by atoms with Crippen molar-refractivity contribution < 1.29 is 9.15 Å². The number of nitrogen functional groups attached to an aromatic ring is 1. The van der Waals surface area contributed by atoms with E-state index in [1.807, 2.05) is 42.5 Å². The van der Waals surface area contributed by atoms with E-state index in [-0.39, 0.29) is 4.84 Å². The smallest absolute Gasteiger partial charge is 0.284 e. The molecular formula is C21H15N5O2S2. The number of H-pyrrole nitrogens is 1. The van der Waals surface area contributed by atoms with Crippen LogP contribution in [0.5, 0.6) is 5.75 Å². The first-order valence-electron chi connectivity index (χ1n) is 8.98. The van der Waals surface area contributed by atoms with Crippen LogP contribution in [0.25, 0.3) is 43.4 Å². The number of hydrogen-bond acceptors (Lipinski definition) is 8. The van der Waals surface area contributed by atoms with Crippen molar-refractivity contribution in [3.8, 4) is 38.9 Å². The number of nitrogens with one attached hydrogen (secondary N) is 1. The van der Waals surface area contributed by atoms with Gasteiger partial charge in [-0.15, -0.1) is 16.4 Å². The number of fused-ring (bicyclic) bond motifs is 1. The van der Waals surface area contributed by atoms with E-state index in [0.29, 0.717) is 16.5 Å². The van der Waals surface area contributed by atoms with Crippen molar-refractivity contribution in [1.29, 1.82) is 0 Å². The molecule has 9 heteroatoms. The standard InChI is InChI=1S/C21H15N5O2S2/c1-27-13-6-4-11(5-7-13)14-9-15(12-3-2-8-23-10-12)24-20-16(14)17(22)18(30-20)19-25-26-21(29)28-19/h2-10H,22H2,1H3,(H,26,29). The molecule has 0 saturated carbocycles. The summed E-state index contributed by atoms with van der Waals surface area (Å²) >= 11 is 6.42. The van der Waals surface area contributed by atoms with Crippen LogP contribution >= 0.6 is 23.6 Å². The van der Waals surface area contributed by atoms with Crippen LogP contribution in [0, 0.1) is 4.84 Å². The lowest BCUT2D eigenvalue weighted by Gasteiger charge is -2.09. The van der Waals surface area contributed by atoms with E-state index in [9.17, 15) is 0 Å². The number of nitrogens with two attached hydrogens (primary N) is 1. The molecule has 0 atom stereocenters. The molecule has 3 N–H and O–H groups in total. The van der Waals surface area contributed by atoms with Gasteiger partial charge in [-0.05, 0) is 53.7 Å². The molecule has 0 spiro atoms. The number of aromatic nitrogens is 4. The molecule has 0 fully saturated rings. The maximum Gasteiger partial charge on any atom is 0.284 e. The second kappa shape index (κ2) is 7.36. The first kappa shape index (κ1) is 18.5. The molecule has 1 aromatic carbocycles. The van der Waals surface area contributed by atoms with Crippen molar-refractivity contribution in [3.05, 3.63) is 59.7 Å². The number of aromatic amines is 1. The summed E-state index contributed by atoms with van der Waals surface area (Å²) in [6.45, 7) is 0. The van der Waals surface area contributed by atoms with Crippen LogP contribution < -0.4 is 10.5 Å². The van der Waals surface area contributed by atoms with Crippen LogP contribution in [0.4, 0.5) is 5.69 Å². The van der Waals surface area contributed by atoms with Gasteiger partial charge in [0.15, 0.2) is 0 Å². The summed E-state index contributed by atoms with van der Waals surface area (Å²) in [5.41, 5.74) is 10.8. The van der Waals surface area contributed by atoms with Gasteiger partial charge in [0.05, 0.1) is 18.5 Å². The molecule has 0 amide bonds. The van der Waals surface area contributed by atoms with Gasteiger partial charge in [0.2, 0.25) is 0 Å². The van der Waals surface area contributed by atoms with Gasteiger partial charge in [-0.2, -0.15) is 0 Å². The number of nitrogens with zero attached hydrogens (tertiary/aromatic N) is 3. The number of anilines is 1. The lowest BCUT2D eigenvalue weighted by Crippen LogP contribution is -1.92. The molecule has 0 aliphatic carbocycles. The summed E-state index contributed by atoms with van der Waals surface area (Å²) in [5, 5.41) is 7.61. The Balaban J connectivity index is 1.80. The number of rotatable bonds is 4. The maximum atomic E-state index is 6.55. The number of hydrogen-bond donors (Lipinski definition) is 2. The van der Waals surface area contributed by atoms with Crippen LogP contribution in [0.3, 0.4) is 0 Å². The van der Waals surface area contributed by atoms with Gasteiger partial charge in [0.25, 0.3) is 10.7 Å². The molecule has 0 bridgehead atoms. The van der Waals surface area contributed by atoms with Crippen LogP contribution in [0.15, 0.2) is 59.3 Å². The number of ether oxygens (including phenoxy) is 1. The third kappa shape index (κ3) is 3.14. The minimum absolute atomic E-state index is 0.196. The quantitative estimate of drug-likeness (QED) is 0.369. The van der Waals surface area contributed by atoms with Crippen molar-refractivity contribution in [2.24, 2.45) is 0 Å². The summed E-state index contributed by atoms with van der Waals surface area (Å²) < 4.78 is 10.8.